The average molecular weight is 235 g/mol. The third-order valence-corrected chi connectivity index (χ3v) is 3.07. The van der Waals surface area contributed by atoms with Gasteiger partial charge < -0.3 is 15.4 Å². The van der Waals surface area contributed by atoms with E-state index in [2.05, 4.69) is 9.88 Å². The van der Waals surface area contributed by atoms with Crippen LogP contribution in [0.2, 0.25) is 0 Å². The Morgan fingerprint density at radius 3 is 3.18 bits per heavy atom. The number of carbonyl (C=O) groups excluding carboxylic acids is 1. The van der Waals surface area contributed by atoms with E-state index in [1.165, 1.54) is 7.11 Å². The quantitative estimate of drug-likeness (QED) is 0.776. The Kier molecular flexibility index (Phi) is 3.46. The Labute approximate surface area is 101 Å². The summed E-state index contributed by atoms with van der Waals surface area (Å²) in [7, 11) is 1.43. The van der Waals surface area contributed by atoms with Crippen LogP contribution < -0.4 is 10.6 Å². The fraction of sp³-hybridized carbons (Fsp3) is 0.500. The van der Waals surface area contributed by atoms with Crippen LogP contribution in [0.4, 0.5) is 11.5 Å². The first-order valence-corrected chi connectivity index (χ1v) is 5.75. The lowest BCUT2D eigenvalue weighted by Gasteiger charge is -2.32. The zero-order chi connectivity index (χ0) is 12.3. The highest BCUT2D eigenvalue weighted by Crippen LogP contribution is 2.26. The van der Waals surface area contributed by atoms with Gasteiger partial charge in [0.25, 0.3) is 0 Å². The number of piperidine rings is 1. The maximum Gasteiger partial charge on any atom is 0.310 e. The van der Waals surface area contributed by atoms with Gasteiger partial charge in [0.05, 0.1) is 18.7 Å². The summed E-state index contributed by atoms with van der Waals surface area (Å²) in [6.45, 7) is 1.52. The second-order valence-corrected chi connectivity index (χ2v) is 4.22. The zero-order valence-corrected chi connectivity index (χ0v) is 9.93. The molecule has 2 heterocycles. The van der Waals surface area contributed by atoms with E-state index in [4.69, 9.17) is 10.5 Å². The first-order valence-electron chi connectivity index (χ1n) is 5.75. The van der Waals surface area contributed by atoms with Gasteiger partial charge in [-0.15, -0.1) is 0 Å². The summed E-state index contributed by atoms with van der Waals surface area (Å²) in [5.74, 6) is 0.542. The van der Waals surface area contributed by atoms with Crippen LogP contribution in [0, 0.1) is 5.92 Å². The molecule has 0 radical (unpaired) electrons. The molecule has 17 heavy (non-hydrogen) atoms. The smallest absolute Gasteiger partial charge is 0.310 e. The molecule has 5 nitrogen and oxygen atoms in total. The number of rotatable bonds is 2. The van der Waals surface area contributed by atoms with E-state index in [-0.39, 0.29) is 11.9 Å². The summed E-state index contributed by atoms with van der Waals surface area (Å²) in [6.07, 6.45) is 3.54. The number of carbonyl (C=O) groups is 1. The lowest BCUT2D eigenvalue weighted by Crippen LogP contribution is -2.39. The molecule has 1 unspecified atom stereocenters. The molecule has 0 amide bonds. The number of hydrogen-bond acceptors (Lipinski definition) is 5. The SMILES string of the molecule is COC(=O)C1CCCN(c2ncccc2N)C1. The van der Waals surface area contributed by atoms with E-state index in [9.17, 15) is 4.79 Å². The maximum absolute atomic E-state index is 11.5. The molecule has 1 aliphatic heterocycles. The van der Waals surface area contributed by atoms with Gasteiger partial charge in [0.1, 0.15) is 0 Å². The number of nitrogens with two attached hydrogens (primary N) is 1. The predicted octanol–water partition coefficient (Wildman–Crippen LogP) is 1.05. The van der Waals surface area contributed by atoms with Gasteiger partial charge in [-0.3, -0.25) is 4.79 Å². The van der Waals surface area contributed by atoms with E-state index in [1.807, 2.05) is 6.07 Å². The summed E-state index contributed by atoms with van der Waals surface area (Å²) < 4.78 is 4.79. The molecule has 0 bridgehead atoms. The molecule has 1 atom stereocenters. The summed E-state index contributed by atoms with van der Waals surface area (Å²) in [5, 5.41) is 0. The lowest BCUT2D eigenvalue weighted by molar-refractivity contribution is -0.145. The topological polar surface area (TPSA) is 68.5 Å². The Balaban J connectivity index is 2.12. The molecule has 5 heteroatoms. The molecular formula is C12H17N3O2. The highest BCUT2D eigenvalue weighted by Gasteiger charge is 2.27. The van der Waals surface area contributed by atoms with Gasteiger partial charge in [-0.05, 0) is 25.0 Å². The first-order chi connectivity index (χ1) is 8.22. The molecular weight excluding hydrogens is 218 g/mol. The largest absolute Gasteiger partial charge is 0.469 e. The van der Waals surface area contributed by atoms with Gasteiger partial charge in [-0.1, -0.05) is 0 Å². The van der Waals surface area contributed by atoms with Crippen molar-refractivity contribution in [1.82, 2.24) is 4.98 Å². The van der Waals surface area contributed by atoms with Crippen molar-refractivity contribution in [1.29, 1.82) is 0 Å². The lowest BCUT2D eigenvalue weighted by atomic mass is 9.98. The number of nitrogen functional groups attached to an aromatic ring is 1. The van der Waals surface area contributed by atoms with E-state index >= 15 is 0 Å². The van der Waals surface area contributed by atoms with Crippen LogP contribution in [0.1, 0.15) is 12.8 Å². The first kappa shape index (κ1) is 11.7. The standard InChI is InChI=1S/C12H17N3O2/c1-17-12(16)9-4-3-7-15(8-9)11-10(13)5-2-6-14-11/h2,5-6,9H,3-4,7-8,13H2,1H3. The van der Waals surface area contributed by atoms with Crippen LogP contribution in [0.25, 0.3) is 0 Å². The van der Waals surface area contributed by atoms with E-state index in [0.29, 0.717) is 12.2 Å². The van der Waals surface area contributed by atoms with Gasteiger partial charge >= 0.3 is 5.97 Å². The van der Waals surface area contributed by atoms with Gasteiger partial charge in [0.2, 0.25) is 0 Å². The van der Waals surface area contributed by atoms with Crippen LogP contribution in [-0.2, 0) is 9.53 Å². The second kappa shape index (κ2) is 5.03. The number of pyridine rings is 1. The predicted molar refractivity (Wildman–Crippen MR) is 65.6 cm³/mol. The van der Waals surface area contributed by atoms with Crippen LogP contribution in [0.3, 0.4) is 0 Å². The normalized spacial score (nSPS) is 20.1. The Morgan fingerprint density at radius 1 is 1.65 bits per heavy atom. The third kappa shape index (κ3) is 2.49. The Bertz CT molecular complexity index is 408. The monoisotopic (exact) mass is 235 g/mol. The van der Waals surface area contributed by atoms with Gasteiger partial charge in [0, 0.05) is 19.3 Å². The van der Waals surface area contributed by atoms with Crippen molar-refractivity contribution in [3.63, 3.8) is 0 Å². The van der Waals surface area contributed by atoms with Crippen molar-refractivity contribution in [2.24, 2.45) is 5.92 Å². The van der Waals surface area contributed by atoms with Crippen molar-refractivity contribution in [2.45, 2.75) is 12.8 Å². The van der Waals surface area contributed by atoms with Crippen molar-refractivity contribution in [3.8, 4) is 0 Å². The average Bonchev–Trinajstić information content (AvgIpc) is 2.38. The number of hydrogen-bond donors (Lipinski definition) is 1. The molecule has 1 saturated heterocycles. The number of esters is 1. The van der Waals surface area contributed by atoms with Crippen molar-refractivity contribution in [3.05, 3.63) is 18.3 Å². The molecule has 2 rings (SSSR count). The summed E-state index contributed by atoms with van der Waals surface area (Å²) in [5.41, 5.74) is 6.54. The number of methoxy groups -OCH3 is 1. The van der Waals surface area contributed by atoms with Gasteiger partial charge in [0.15, 0.2) is 5.82 Å². The van der Waals surface area contributed by atoms with E-state index < -0.39 is 0 Å². The van der Waals surface area contributed by atoms with Crippen LogP contribution in [0.15, 0.2) is 18.3 Å². The molecule has 1 fully saturated rings. The summed E-state index contributed by atoms with van der Waals surface area (Å²) >= 11 is 0. The molecule has 2 N–H and O–H groups in total. The van der Waals surface area contributed by atoms with Crippen molar-refractivity contribution >= 4 is 17.5 Å². The molecule has 1 aromatic heterocycles. The summed E-state index contributed by atoms with van der Waals surface area (Å²) in [6, 6.07) is 3.63. The fourth-order valence-electron chi connectivity index (χ4n) is 2.20. The molecule has 0 saturated carbocycles. The molecule has 0 spiro atoms. The zero-order valence-electron chi connectivity index (χ0n) is 9.93. The van der Waals surface area contributed by atoms with Crippen molar-refractivity contribution in [2.75, 3.05) is 30.8 Å². The van der Waals surface area contributed by atoms with Crippen LogP contribution in [-0.4, -0.2) is 31.2 Å². The number of aromatic nitrogens is 1. The highest BCUT2D eigenvalue weighted by molar-refractivity contribution is 5.74. The minimum atomic E-state index is -0.149. The summed E-state index contributed by atoms with van der Waals surface area (Å²) in [4.78, 5) is 17.9. The highest BCUT2D eigenvalue weighted by atomic mass is 16.5. The minimum Gasteiger partial charge on any atom is -0.469 e. The molecule has 1 aromatic rings. The number of ether oxygens (including phenoxy) is 1. The Hall–Kier alpha value is -1.78. The Morgan fingerprint density at radius 2 is 2.47 bits per heavy atom. The van der Waals surface area contributed by atoms with E-state index in [0.717, 1.165) is 25.2 Å². The minimum absolute atomic E-state index is 0.0739. The number of anilines is 2. The van der Waals surface area contributed by atoms with Gasteiger partial charge in [-0.2, -0.15) is 0 Å². The maximum atomic E-state index is 11.5. The van der Waals surface area contributed by atoms with Crippen LogP contribution in [0.5, 0.6) is 0 Å². The van der Waals surface area contributed by atoms with Crippen LogP contribution >= 0.6 is 0 Å². The molecule has 92 valence electrons. The fourth-order valence-corrected chi connectivity index (χ4v) is 2.20. The van der Waals surface area contributed by atoms with Gasteiger partial charge in [-0.25, -0.2) is 4.98 Å². The molecule has 0 aliphatic carbocycles. The number of nitrogens with zero attached hydrogens (tertiary/aromatic N) is 2. The van der Waals surface area contributed by atoms with Crippen molar-refractivity contribution < 1.29 is 9.53 Å². The van der Waals surface area contributed by atoms with E-state index in [1.54, 1.807) is 12.3 Å². The third-order valence-electron chi connectivity index (χ3n) is 3.07. The molecule has 1 aliphatic rings. The second-order valence-electron chi connectivity index (χ2n) is 4.22. The molecule has 0 aromatic carbocycles.